The third-order valence-electron chi connectivity index (χ3n) is 1.86. The molecule has 0 saturated carbocycles. The minimum absolute atomic E-state index is 0.202. The van der Waals surface area contributed by atoms with Gasteiger partial charge >= 0.3 is 5.69 Å². The summed E-state index contributed by atoms with van der Waals surface area (Å²) in [7, 11) is 0. The zero-order valence-corrected chi connectivity index (χ0v) is 9.34. The summed E-state index contributed by atoms with van der Waals surface area (Å²) in [5.74, 6) is 0.750. The molecule has 0 fully saturated rings. The Labute approximate surface area is 94.1 Å². The molecule has 0 unspecified atom stereocenters. The summed E-state index contributed by atoms with van der Waals surface area (Å²) in [5, 5.41) is 3.09. The molecule has 0 aliphatic carbocycles. The number of hydrogen-bond donors (Lipinski definition) is 3. The lowest BCUT2D eigenvalue weighted by atomic mass is 10.4. The molecule has 0 saturated heterocycles. The standard InChI is InChI=1S/C9H9BrN4O/c10-7-2-1-3-11-8(7)12-4-6-5-13-9(15)14-6/h1-3,5H,4H2,(H,11,12)(H2,13,14,15). The van der Waals surface area contributed by atoms with E-state index in [2.05, 4.69) is 36.2 Å². The summed E-state index contributed by atoms with van der Waals surface area (Å²) < 4.78 is 0.892. The molecule has 0 radical (unpaired) electrons. The van der Waals surface area contributed by atoms with E-state index in [0.717, 1.165) is 16.0 Å². The Morgan fingerprint density at radius 2 is 2.40 bits per heavy atom. The van der Waals surface area contributed by atoms with Crippen LogP contribution in [0.4, 0.5) is 5.82 Å². The number of anilines is 1. The Morgan fingerprint density at radius 3 is 3.07 bits per heavy atom. The zero-order valence-electron chi connectivity index (χ0n) is 7.75. The first-order chi connectivity index (χ1) is 7.25. The second kappa shape index (κ2) is 4.31. The van der Waals surface area contributed by atoms with Gasteiger partial charge in [-0.2, -0.15) is 0 Å². The van der Waals surface area contributed by atoms with E-state index in [1.807, 2.05) is 12.1 Å². The number of aromatic nitrogens is 3. The van der Waals surface area contributed by atoms with Crippen molar-refractivity contribution in [2.45, 2.75) is 6.54 Å². The van der Waals surface area contributed by atoms with Crippen molar-refractivity contribution < 1.29 is 0 Å². The number of pyridine rings is 1. The van der Waals surface area contributed by atoms with Crippen LogP contribution in [0.25, 0.3) is 0 Å². The number of nitrogens with one attached hydrogen (secondary N) is 3. The fourth-order valence-corrected chi connectivity index (χ4v) is 1.56. The van der Waals surface area contributed by atoms with Crippen LogP contribution < -0.4 is 11.0 Å². The van der Waals surface area contributed by atoms with Gasteiger partial charge in [0.1, 0.15) is 5.82 Å². The first kappa shape index (κ1) is 9.97. The molecule has 15 heavy (non-hydrogen) atoms. The van der Waals surface area contributed by atoms with Crippen LogP contribution >= 0.6 is 15.9 Å². The lowest BCUT2D eigenvalue weighted by Crippen LogP contribution is -2.05. The normalized spacial score (nSPS) is 10.2. The van der Waals surface area contributed by atoms with E-state index in [1.165, 1.54) is 0 Å². The lowest BCUT2D eigenvalue weighted by molar-refractivity contribution is 1.04. The van der Waals surface area contributed by atoms with Crippen LogP contribution in [0, 0.1) is 0 Å². The van der Waals surface area contributed by atoms with Gasteiger partial charge in [-0.05, 0) is 28.1 Å². The molecule has 5 nitrogen and oxygen atoms in total. The smallest absolute Gasteiger partial charge is 0.323 e. The van der Waals surface area contributed by atoms with Crippen molar-refractivity contribution in [2.24, 2.45) is 0 Å². The lowest BCUT2D eigenvalue weighted by Gasteiger charge is -2.04. The van der Waals surface area contributed by atoms with Gasteiger partial charge in [0.15, 0.2) is 0 Å². The average Bonchev–Trinajstić information content (AvgIpc) is 2.63. The Hall–Kier alpha value is -1.56. The Balaban J connectivity index is 2.05. The van der Waals surface area contributed by atoms with E-state index >= 15 is 0 Å². The summed E-state index contributed by atoms with van der Waals surface area (Å²) in [4.78, 5) is 20.1. The predicted molar refractivity (Wildman–Crippen MR) is 60.7 cm³/mol. The van der Waals surface area contributed by atoms with Crippen LogP contribution in [0.2, 0.25) is 0 Å². The molecule has 0 atom stereocenters. The number of nitrogens with zero attached hydrogens (tertiary/aromatic N) is 1. The summed E-state index contributed by atoms with van der Waals surface area (Å²) >= 11 is 3.37. The number of imidazole rings is 1. The molecule has 6 heteroatoms. The summed E-state index contributed by atoms with van der Waals surface area (Å²) in [5.41, 5.74) is 0.587. The second-order valence-electron chi connectivity index (χ2n) is 2.96. The van der Waals surface area contributed by atoms with Crippen molar-refractivity contribution in [3.05, 3.63) is 45.2 Å². The molecule has 0 aliphatic rings. The molecule has 0 spiro atoms. The third kappa shape index (κ3) is 2.47. The molecule has 2 heterocycles. The number of rotatable bonds is 3. The van der Waals surface area contributed by atoms with Crippen LogP contribution in [0.15, 0.2) is 33.8 Å². The van der Waals surface area contributed by atoms with Gasteiger partial charge in [-0.1, -0.05) is 0 Å². The van der Waals surface area contributed by atoms with Gasteiger partial charge in [0.25, 0.3) is 0 Å². The minimum atomic E-state index is -0.202. The highest BCUT2D eigenvalue weighted by molar-refractivity contribution is 9.10. The van der Waals surface area contributed by atoms with Crippen molar-refractivity contribution in [3.63, 3.8) is 0 Å². The number of H-pyrrole nitrogens is 2. The monoisotopic (exact) mass is 268 g/mol. The van der Waals surface area contributed by atoms with Gasteiger partial charge in [-0.3, -0.25) is 0 Å². The predicted octanol–water partition coefficient (Wildman–Crippen LogP) is 1.47. The van der Waals surface area contributed by atoms with E-state index in [0.29, 0.717) is 6.54 Å². The molecular weight excluding hydrogens is 260 g/mol. The van der Waals surface area contributed by atoms with Gasteiger partial charge < -0.3 is 15.3 Å². The van der Waals surface area contributed by atoms with Crippen molar-refractivity contribution in [3.8, 4) is 0 Å². The van der Waals surface area contributed by atoms with Crippen LogP contribution in [-0.4, -0.2) is 15.0 Å². The molecule has 0 amide bonds. The highest BCUT2D eigenvalue weighted by Crippen LogP contribution is 2.18. The van der Waals surface area contributed by atoms with Crippen LogP contribution in [0.3, 0.4) is 0 Å². The van der Waals surface area contributed by atoms with Gasteiger partial charge in [0.2, 0.25) is 0 Å². The summed E-state index contributed by atoms with van der Waals surface area (Å²) in [6.07, 6.45) is 3.33. The second-order valence-corrected chi connectivity index (χ2v) is 3.81. The Morgan fingerprint density at radius 1 is 1.53 bits per heavy atom. The van der Waals surface area contributed by atoms with E-state index < -0.39 is 0 Å². The summed E-state index contributed by atoms with van der Waals surface area (Å²) in [6.45, 7) is 0.522. The number of halogens is 1. The maximum atomic E-state index is 10.8. The van der Waals surface area contributed by atoms with Gasteiger partial charge in [-0.25, -0.2) is 9.78 Å². The quantitative estimate of drug-likeness (QED) is 0.790. The van der Waals surface area contributed by atoms with Crippen molar-refractivity contribution in [2.75, 3.05) is 5.32 Å². The Bertz CT molecular complexity index is 505. The van der Waals surface area contributed by atoms with E-state index in [4.69, 9.17) is 0 Å². The summed E-state index contributed by atoms with van der Waals surface area (Å²) in [6, 6.07) is 3.74. The van der Waals surface area contributed by atoms with Crippen molar-refractivity contribution in [1.82, 2.24) is 15.0 Å². The van der Waals surface area contributed by atoms with Crippen molar-refractivity contribution >= 4 is 21.7 Å². The first-order valence-electron chi connectivity index (χ1n) is 4.36. The fourth-order valence-electron chi connectivity index (χ4n) is 1.16. The maximum absolute atomic E-state index is 10.8. The highest BCUT2D eigenvalue weighted by Gasteiger charge is 2.00. The van der Waals surface area contributed by atoms with Crippen LogP contribution in [-0.2, 0) is 6.54 Å². The number of aromatic amines is 2. The Kier molecular flexibility index (Phi) is 2.86. The number of hydrogen-bond acceptors (Lipinski definition) is 3. The van der Waals surface area contributed by atoms with Crippen LogP contribution in [0.1, 0.15) is 5.69 Å². The van der Waals surface area contributed by atoms with Gasteiger partial charge in [-0.15, -0.1) is 0 Å². The minimum Gasteiger partial charge on any atom is -0.364 e. The van der Waals surface area contributed by atoms with E-state index in [-0.39, 0.29) is 5.69 Å². The van der Waals surface area contributed by atoms with E-state index in [1.54, 1.807) is 12.4 Å². The molecule has 0 aromatic carbocycles. The fraction of sp³-hybridized carbons (Fsp3) is 0.111. The molecule has 0 aliphatic heterocycles. The highest BCUT2D eigenvalue weighted by atomic mass is 79.9. The molecule has 2 aromatic rings. The average molecular weight is 269 g/mol. The SMILES string of the molecule is O=c1[nH]cc(CNc2ncccc2Br)[nH]1. The maximum Gasteiger partial charge on any atom is 0.323 e. The zero-order chi connectivity index (χ0) is 10.7. The third-order valence-corrected chi connectivity index (χ3v) is 2.50. The molecule has 78 valence electrons. The molecule has 3 N–H and O–H groups in total. The van der Waals surface area contributed by atoms with E-state index in [9.17, 15) is 4.79 Å². The molecule has 2 rings (SSSR count). The topological polar surface area (TPSA) is 73.6 Å². The first-order valence-corrected chi connectivity index (χ1v) is 5.16. The van der Waals surface area contributed by atoms with Gasteiger partial charge in [0.05, 0.1) is 16.7 Å². The molecular formula is C9H9BrN4O. The van der Waals surface area contributed by atoms with Crippen LogP contribution in [0.5, 0.6) is 0 Å². The molecule has 0 bridgehead atoms. The van der Waals surface area contributed by atoms with Crippen molar-refractivity contribution in [1.29, 1.82) is 0 Å². The largest absolute Gasteiger partial charge is 0.364 e. The van der Waals surface area contributed by atoms with Gasteiger partial charge in [0, 0.05) is 12.4 Å². The molecule has 2 aromatic heterocycles.